The molecule has 0 fully saturated rings. The van der Waals surface area contributed by atoms with E-state index < -0.39 is 11.7 Å². The lowest BCUT2D eigenvalue weighted by Gasteiger charge is -2.11. The quantitative estimate of drug-likeness (QED) is 0.590. The van der Waals surface area contributed by atoms with Crippen molar-refractivity contribution in [3.05, 3.63) is 45.0 Å². The van der Waals surface area contributed by atoms with Gasteiger partial charge in [-0.25, -0.2) is 9.97 Å². The first-order valence-electron chi connectivity index (χ1n) is 5.73. The normalized spacial score (nSPS) is 12.0. The van der Waals surface area contributed by atoms with Gasteiger partial charge in [0.15, 0.2) is 5.65 Å². The van der Waals surface area contributed by atoms with E-state index in [2.05, 4.69) is 46.8 Å². The van der Waals surface area contributed by atoms with Crippen molar-refractivity contribution in [2.75, 3.05) is 0 Å². The largest absolute Gasteiger partial charge is 0.417 e. The van der Waals surface area contributed by atoms with Crippen LogP contribution < -0.4 is 0 Å². The second kappa shape index (κ2) is 5.10. The van der Waals surface area contributed by atoms with E-state index in [4.69, 9.17) is 0 Å². The molecule has 2 heterocycles. The Morgan fingerprint density at radius 1 is 1.05 bits per heavy atom. The topological polar surface area (TPSA) is 41.6 Å². The third-order valence-electron chi connectivity index (χ3n) is 2.85. The van der Waals surface area contributed by atoms with E-state index in [1.807, 2.05) is 0 Å². The standard InChI is InChI=1S/C13H6Br2F3N3/c14-6-1-2-8(9(3-6)13(16,17)18)11-20-10-4-7(15)5-19-12(10)21-11/h1-5H,(H,19,20,21). The minimum absolute atomic E-state index is 0.0141. The summed E-state index contributed by atoms with van der Waals surface area (Å²) in [6.45, 7) is 0. The summed E-state index contributed by atoms with van der Waals surface area (Å²) in [6.07, 6.45) is -2.93. The van der Waals surface area contributed by atoms with Crippen LogP contribution in [0.15, 0.2) is 39.4 Å². The number of nitrogens with one attached hydrogen (secondary N) is 1. The molecule has 0 aliphatic carbocycles. The molecule has 8 heteroatoms. The molecule has 0 bridgehead atoms. The number of rotatable bonds is 1. The average molecular weight is 421 g/mol. The van der Waals surface area contributed by atoms with Crippen molar-refractivity contribution in [1.82, 2.24) is 15.0 Å². The van der Waals surface area contributed by atoms with E-state index in [9.17, 15) is 13.2 Å². The number of H-pyrrole nitrogens is 1. The van der Waals surface area contributed by atoms with Crippen LogP contribution in [0.1, 0.15) is 5.56 Å². The van der Waals surface area contributed by atoms with Crippen molar-refractivity contribution in [2.45, 2.75) is 6.18 Å². The molecule has 1 N–H and O–H groups in total. The molecule has 0 aliphatic heterocycles. The first-order chi connectivity index (χ1) is 9.84. The van der Waals surface area contributed by atoms with Gasteiger partial charge in [-0.2, -0.15) is 13.2 Å². The maximum Gasteiger partial charge on any atom is 0.417 e. The molecule has 0 spiro atoms. The molecule has 21 heavy (non-hydrogen) atoms. The van der Waals surface area contributed by atoms with E-state index in [0.29, 0.717) is 15.6 Å². The van der Waals surface area contributed by atoms with Crippen LogP contribution in [0.3, 0.4) is 0 Å². The Hall–Kier alpha value is -1.41. The summed E-state index contributed by atoms with van der Waals surface area (Å²) in [5.41, 5.74) is 0.162. The zero-order chi connectivity index (χ0) is 15.2. The molecule has 0 amide bonds. The highest BCUT2D eigenvalue weighted by atomic mass is 79.9. The van der Waals surface area contributed by atoms with E-state index in [1.54, 1.807) is 18.3 Å². The number of hydrogen-bond donors (Lipinski definition) is 1. The Morgan fingerprint density at radius 3 is 2.52 bits per heavy atom. The van der Waals surface area contributed by atoms with Gasteiger partial charge in [-0.05, 0) is 40.2 Å². The lowest BCUT2D eigenvalue weighted by Crippen LogP contribution is -2.07. The zero-order valence-electron chi connectivity index (χ0n) is 10.2. The summed E-state index contributed by atoms with van der Waals surface area (Å²) >= 11 is 6.31. The fraction of sp³-hybridized carbons (Fsp3) is 0.0769. The number of aromatic amines is 1. The van der Waals surface area contributed by atoms with Crippen molar-refractivity contribution >= 4 is 43.0 Å². The van der Waals surface area contributed by atoms with Gasteiger partial charge < -0.3 is 4.98 Å². The number of aromatic nitrogens is 3. The molecule has 0 radical (unpaired) electrons. The number of halogens is 5. The molecule has 1 aromatic carbocycles. The predicted octanol–water partition coefficient (Wildman–Crippen LogP) is 5.17. The third kappa shape index (κ3) is 2.82. The Labute approximate surface area is 133 Å². The monoisotopic (exact) mass is 419 g/mol. The molecule has 3 nitrogen and oxygen atoms in total. The summed E-state index contributed by atoms with van der Waals surface area (Å²) in [7, 11) is 0. The highest BCUT2D eigenvalue weighted by Crippen LogP contribution is 2.38. The average Bonchev–Trinajstić information content (AvgIpc) is 2.80. The van der Waals surface area contributed by atoms with Gasteiger partial charge in [0.05, 0.1) is 11.1 Å². The molecule has 2 aromatic heterocycles. The summed E-state index contributed by atoms with van der Waals surface area (Å²) in [4.78, 5) is 11.0. The van der Waals surface area contributed by atoms with E-state index >= 15 is 0 Å². The lowest BCUT2D eigenvalue weighted by atomic mass is 10.1. The Bertz CT molecular complexity index is 827. The van der Waals surface area contributed by atoms with Crippen molar-refractivity contribution in [1.29, 1.82) is 0 Å². The molecule has 3 rings (SSSR count). The molecule has 0 atom stereocenters. The number of benzene rings is 1. The summed E-state index contributed by atoms with van der Waals surface area (Å²) in [5.74, 6) is 0.135. The molecule has 3 aromatic rings. The van der Waals surface area contributed by atoms with Crippen LogP contribution in [0.2, 0.25) is 0 Å². The van der Waals surface area contributed by atoms with E-state index in [0.717, 1.165) is 10.5 Å². The summed E-state index contributed by atoms with van der Waals surface area (Å²) in [5, 5.41) is 0. The number of imidazole rings is 1. The van der Waals surface area contributed by atoms with Crippen LogP contribution in [-0.2, 0) is 6.18 Å². The fourth-order valence-electron chi connectivity index (χ4n) is 1.96. The second-order valence-corrected chi connectivity index (χ2v) is 6.13. The molecule has 0 aliphatic rings. The second-order valence-electron chi connectivity index (χ2n) is 4.30. The van der Waals surface area contributed by atoms with E-state index in [-0.39, 0.29) is 11.4 Å². The first kappa shape index (κ1) is 14.5. The maximum absolute atomic E-state index is 13.1. The Kier molecular flexibility index (Phi) is 3.53. The van der Waals surface area contributed by atoms with Crippen LogP contribution in [-0.4, -0.2) is 15.0 Å². The SMILES string of the molecule is FC(F)(F)c1cc(Br)ccc1-c1nc2ncc(Br)cc2[nH]1. The van der Waals surface area contributed by atoms with Gasteiger partial charge in [0.25, 0.3) is 0 Å². The molecular formula is C13H6Br2F3N3. The minimum Gasteiger partial charge on any atom is -0.337 e. The van der Waals surface area contributed by atoms with Gasteiger partial charge in [0, 0.05) is 20.7 Å². The third-order valence-corrected chi connectivity index (χ3v) is 3.77. The molecule has 0 saturated carbocycles. The summed E-state index contributed by atoms with van der Waals surface area (Å²) in [6, 6.07) is 5.66. The fourth-order valence-corrected chi connectivity index (χ4v) is 2.65. The highest BCUT2D eigenvalue weighted by Gasteiger charge is 2.34. The van der Waals surface area contributed by atoms with Gasteiger partial charge in [0.2, 0.25) is 0 Å². The Morgan fingerprint density at radius 2 is 1.81 bits per heavy atom. The van der Waals surface area contributed by atoms with Crippen molar-refractivity contribution in [3.63, 3.8) is 0 Å². The van der Waals surface area contributed by atoms with Crippen molar-refractivity contribution in [3.8, 4) is 11.4 Å². The minimum atomic E-state index is -4.47. The molecule has 0 unspecified atom stereocenters. The van der Waals surface area contributed by atoms with Gasteiger partial charge >= 0.3 is 6.18 Å². The van der Waals surface area contributed by atoms with Crippen LogP contribution in [0.25, 0.3) is 22.6 Å². The van der Waals surface area contributed by atoms with Crippen molar-refractivity contribution < 1.29 is 13.2 Å². The zero-order valence-corrected chi connectivity index (χ0v) is 13.3. The van der Waals surface area contributed by atoms with Crippen molar-refractivity contribution in [2.24, 2.45) is 0 Å². The molecular weight excluding hydrogens is 415 g/mol. The predicted molar refractivity (Wildman–Crippen MR) is 79.7 cm³/mol. The van der Waals surface area contributed by atoms with Gasteiger partial charge in [0.1, 0.15) is 5.82 Å². The highest BCUT2D eigenvalue weighted by molar-refractivity contribution is 9.10. The van der Waals surface area contributed by atoms with Gasteiger partial charge in [-0.1, -0.05) is 15.9 Å². The maximum atomic E-state index is 13.1. The smallest absolute Gasteiger partial charge is 0.337 e. The number of nitrogens with zero attached hydrogens (tertiary/aromatic N) is 2. The van der Waals surface area contributed by atoms with Crippen LogP contribution in [0.5, 0.6) is 0 Å². The van der Waals surface area contributed by atoms with Crippen LogP contribution in [0, 0.1) is 0 Å². The number of fused-ring (bicyclic) bond motifs is 1. The number of alkyl halides is 3. The molecule has 108 valence electrons. The summed E-state index contributed by atoms with van der Waals surface area (Å²) < 4.78 is 40.5. The lowest BCUT2D eigenvalue weighted by molar-refractivity contribution is -0.137. The number of hydrogen-bond acceptors (Lipinski definition) is 2. The van der Waals surface area contributed by atoms with Crippen LogP contribution >= 0.6 is 31.9 Å². The van der Waals surface area contributed by atoms with Gasteiger partial charge in [-0.3, -0.25) is 0 Å². The van der Waals surface area contributed by atoms with Gasteiger partial charge in [-0.15, -0.1) is 0 Å². The Balaban J connectivity index is 2.22. The van der Waals surface area contributed by atoms with Crippen LogP contribution in [0.4, 0.5) is 13.2 Å². The molecule has 0 saturated heterocycles. The van der Waals surface area contributed by atoms with E-state index in [1.165, 1.54) is 6.07 Å². The first-order valence-corrected chi connectivity index (χ1v) is 7.31. The number of pyridine rings is 1.